The highest BCUT2D eigenvalue weighted by molar-refractivity contribution is 5.39. The molecule has 6 aliphatic rings. The third-order valence-electron chi connectivity index (χ3n) is 10.8. The molecule has 3 heteroatoms. The van der Waals surface area contributed by atoms with Crippen LogP contribution < -0.4 is 0 Å². The molecule has 0 aromatic heterocycles. The fourth-order valence-electron chi connectivity index (χ4n) is 9.01. The summed E-state index contributed by atoms with van der Waals surface area (Å²) in [4.78, 5) is 0. The summed E-state index contributed by atoms with van der Waals surface area (Å²) in [5.41, 5.74) is 3.81. The van der Waals surface area contributed by atoms with E-state index in [4.69, 9.17) is 9.47 Å². The SMILES string of the molecule is CC1CCC2(OC1)OC1CC3C4=CC=C5CC(O)CCC5(C)C4CCC3(C)C1C2C. The van der Waals surface area contributed by atoms with Crippen LogP contribution in [-0.4, -0.2) is 29.7 Å². The van der Waals surface area contributed by atoms with Gasteiger partial charge in [0.15, 0.2) is 5.79 Å². The van der Waals surface area contributed by atoms with Gasteiger partial charge in [0.05, 0.1) is 18.8 Å². The molecule has 0 aromatic rings. The first-order valence-corrected chi connectivity index (χ1v) is 12.7. The van der Waals surface area contributed by atoms with Crippen molar-refractivity contribution in [2.45, 2.75) is 97.1 Å². The summed E-state index contributed by atoms with van der Waals surface area (Å²) in [6.07, 6.45) is 14.2. The predicted molar refractivity (Wildman–Crippen MR) is 118 cm³/mol. The molecular formula is C27H40O3. The average Bonchev–Trinajstić information content (AvgIpc) is 3.16. The van der Waals surface area contributed by atoms with Gasteiger partial charge < -0.3 is 14.6 Å². The molecule has 0 radical (unpaired) electrons. The number of fused-ring (bicyclic) bond motifs is 7. The Morgan fingerprint density at radius 3 is 2.60 bits per heavy atom. The van der Waals surface area contributed by atoms with E-state index in [0.29, 0.717) is 41.1 Å². The first kappa shape index (κ1) is 20.0. The van der Waals surface area contributed by atoms with Crippen molar-refractivity contribution in [3.05, 3.63) is 23.3 Å². The number of aliphatic hydroxyl groups is 1. The highest BCUT2D eigenvalue weighted by Gasteiger charge is 2.67. The van der Waals surface area contributed by atoms with Crippen LogP contribution >= 0.6 is 0 Å². The van der Waals surface area contributed by atoms with Crippen LogP contribution in [0.2, 0.25) is 0 Å². The number of hydrogen-bond acceptors (Lipinski definition) is 3. The Morgan fingerprint density at radius 2 is 1.83 bits per heavy atom. The molecule has 3 nitrogen and oxygen atoms in total. The van der Waals surface area contributed by atoms with E-state index in [9.17, 15) is 5.11 Å². The predicted octanol–water partition coefficient (Wildman–Crippen LogP) is 5.63. The minimum Gasteiger partial charge on any atom is -0.393 e. The lowest BCUT2D eigenvalue weighted by Gasteiger charge is -2.55. The van der Waals surface area contributed by atoms with E-state index in [1.165, 1.54) is 31.3 Å². The van der Waals surface area contributed by atoms with Gasteiger partial charge in [-0.25, -0.2) is 0 Å². The third-order valence-corrected chi connectivity index (χ3v) is 10.8. The normalized spacial score (nSPS) is 57.2. The van der Waals surface area contributed by atoms with E-state index in [2.05, 4.69) is 39.8 Å². The van der Waals surface area contributed by atoms with Crippen LogP contribution in [0.15, 0.2) is 23.3 Å². The van der Waals surface area contributed by atoms with E-state index < -0.39 is 0 Å². The zero-order valence-corrected chi connectivity index (χ0v) is 19.3. The summed E-state index contributed by atoms with van der Waals surface area (Å²) in [6.45, 7) is 10.7. The minimum atomic E-state index is -0.313. The van der Waals surface area contributed by atoms with Crippen LogP contribution in [0, 0.1) is 40.4 Å². The molecule has 1 N–H and O–H groups in total. The first-order chi connectivity index (χ1) is 14.3. The Hall–Kier alpha value is -0.640. The molecule has 6 rings (SSSR count). The fourth-order valence-corrected chi connectivity index (χ4v) is 9.01. The van der Waals surface area contributed by atoms with Gasteiger partial charge in [-0.1, -0.05) is 51.0 Å². The quantitative estimate of drug-likeness (QED) is 0.560. The van der Waals surface area contributed by atoms with Crippen LogP contribution in [0.3, 0.4) is 0 Å². The van der Waals surface area contributed by atoms with E-state index >= 15 is 0 Å². The molecule has 5 fully saturated rings. The number of allylic oxidation sites excluding steroid dienone is 3. The molecule has 2 aliphatic heterocycles. The molecule has 0 amide bonds. The maximum Gasteiger partial charge on any atom is 0.171 e. The Labute approximate surface area is 182 Å². The van der Waals surface area contributed by atoms with E-state index in [1.54, 1.807) is 5.57 Å². The molecule has 3 saturated carbocycles. The van der Waals surface area contributed by atoms with E-state index in [1.807, 2.05) is 0 Å². The lowest BCUT2D eigenvalue weighted by Crippen LogP contribution is -2.49. The Balaban J connectivity index is 1.31. The second kappa shape index (κ2) is 6.45. The van der Waals surface area contributed by atoms with Crippen molar-refractivity contribution in [1.82, 2.24) is 0 Å². The van der Waals surface area contributed by atoms with Gasteiger partial charge in [0, 0.05) is 12.3 Å². The monoisotopic (exact) mass is 412 g/mol. The lowest BCUT2D eigenvalue weighted by molar-refractivity contribution is -0.271. The molecule has 1 spiro atoms. The molecule has 10 atom stereocenters. The average molecular weight is 413 g/mol. The van der Waals surface area contributed by atoms with Crippen molar-refractivity contribution in [3.63, 3.8) is 0 Å². The second-order valence-electron chi connectivity index (χ2n) is 12.3. The molecular weight excluding hydrogens is 372 g/mol. The lowest BCUT2D eigenvalue weighted by atomic mass is 9.50. The molecule has 2 heterocycles. The standard InChI is InChI=1S/C27H40O3/c1-16-7-12-27(29-15-16)17(2)24-23(30-27)14-22-20-6-5-18-13-19(28)8-10-25(18,3)21(20)9-11-26(22,24)4/h5-6,16-17,19,21-24,28H,7-15H2,1-4H3. The molecule has 10 unspecified atom stereocenters. The number of hydrogen-bond donors (Lipinski definition) is 1. The van der Waals surface area contributed by atoms with Crippen molar-refractivity contribution in [2.75, 3.05) is 6.61 Å². The zero-order chi connectivity index (χ0) is 20.9. The van der Waals surface area contributed by atoms with Crippen molar-refractivity contribution in [3.8, 4) is 0 Å². The van der Waals surface area contributed by atoms with Crippen molar-refractivity contribution >= 4 is 0 Å². The van der Waals surface area contributed by atoms with Gasteiger partial charge in [0.25, 0.3) is 0 Å². The molecule has 0 bridgehead atoms. The fraction of sp³-hybridized carbons (Fsp3) is 0.852. The van der Waals surface area contributed by atoms with Crippen LogP contribution in [0.5, 0.6) is 0 Å². The van der Waals surface area contributed by atoms with Crippen LogP contribution in [0.4, 0.5) is 0 Å². The third kappa shape index (κ3) is 2.49. The van der Waals surface area contributed by atoms with Crippen LogP contribution in [-0.2, 0) is 9.47 Å². The summed E-state index contributed by atoms with van der Waals surface area (Å²) >= 11 is 0. The molecule has 4 aliphatic carbocycles. The maximum absolute atomic E-state index is 10.2. The number of rotatable bonds is 0. The second-order valence-corrected chi connectivity index (χ2v) is 12.3. The minimum absolute atomic E-state index is 0.136. The number of aliphatic hydroxyl groups excluding tert-OH is 1. The topological polar surface area (TPSA) is 38.7 Å². The van der Waals surface area contributed by atoms with Crippen LogP contribution in [0.25, 0.3) is 0 Å². The van der Waals surface area contributed by atoms with Gasteiger partial charge >= 0.3 is 0 Å². The summed E-state index contributed by atoms with van der Waals surface area (Å²) in [6, 6.07) is 0. The Kier molecular flexibility index (Phi) is 4.30. The summed E-state index contributed by atoms with van der Waals surface area (Å²) in [5, 5.41) is 10.2. The van der Waals surface area contributed by atoms with Gasteiger partial charge in [-0.05, 0) is 79.4 Å². The van der Waals surface area contributed by atoms with Crippen molar-refractivity contribution in [1.29, 1.82) is 0 Å². The van der Waals surface area contributed by atoms with Gasteiger partial charge in [-0.2, -0.15) is 0 Å². The highest BCUT2D eigenvalue weighted by Crippen LogP contribution is 2.69. The van der Waals surface area contributed by atoms with E-state index in [0.717, 1.165) is 32.3 Å². The van der Waals surface area contributed by atoms with Crippen molar-refractivity contribution in [2.24, 2.45) is 40.4 Å². The zero-order valence-electron chi connectivity index (χ0n) is 19.3. The smallest absolute Gasteiger partial charge is 0.171 e. The Morgan fingerprint density at radius 1 is 1.00 bits per heavy atom. The molecule has 166 valence electrons. The highest BCUT2D eigenvalue weighted by atomic mass is 16.7. The molecule has 30 heavy (non-hydrogen) atoms. The molecule has 2 saturated heterocycles. The van der Waals surface area contributed by atoms with Crippen LogP contribution in [0.1, 0.15) is 79.1 Å². The first-order valence-electron chi connectivity index (χ1n) is 12.7. The summed E-state index contributed by atoms with van der Waals surface area (Å²) in [5.74, 6) is 2.76. The van der Waals surface area contributed by atoms with Gasteiger partial charge in [-0.15, -0.1) is 0 Å². The molecule has 0 aromatic carbocycles. The maximum atomic E-state index is 10.2. The van der Waals surface area contributed by atoms with Gasteiger partial charge in [-0.3, -0.25) is 0 Å². The van der Waals surface area contributed by atoms with Crippen molar-refractivity contribution < 1.29 is 14.6 Å². The van der Waals surface area contributed by atoms with Gasteiger partial charge in [0.1, 0.15) is 0 Å². The Bertz CT molecular complexity index is 790. The number of ether oxygens (including phenoxy) is 2. The summed E-state index contributed by atoms with van der Waals surface area (Å²) in [7, 11) is 0. The summed E-state index contributed by atoms with van der Waals surface area (Å²) < 4.78 is 13.3. The largest absolute Gasteiger partial charge is 0.393 e. The van der Waals surface area contributed by atoms with Gasteiger partial charge in [0.2, 0.25) is 0 Å². The van der Waals surface area contributed by atoms with E-state index in [-0.39, 0.29) is 17.3 Å².